The standard InChI is InChI=1S/C5H8Cl4O4/c6-3(12)4(1-10,2-11)5(7,8)13-9/h3,10-12H,1-2H2. The molecule has 0 heterocycles. The van der Waals surface area contributed by atoms with Gasteiger partial charge in [0.25, 0.3) is 0 Å². The molecule has 0 aliphatic carbocycles. The van der Waals surface area contributed by atoms with E-state index < -0.39 is 28.7 Å². The van der Waals surface area contributed by atoms with E-state index in [-0.39, 0.29) is 0 Å². The highest BCUT2D eigenvalue weighted by atomic mass is 35.5. The fourth-order valence-corrected chi connectivity index (χ4v) is 1.60. The Bertz CT molecular complexity index is 159. The minimum absolute atomic E-state index is 0.798. The van der Waals surface area contributed by atoms with Crippen LogP contribution < -0.4 is 0 Å². The van der Waals surface area contributed by atoms with Crippen molar-refractivity contribution in [2.75, 3.05) is 13.2 Å². The molecule has 0 rings (SSSR count). The zero-order valence-corrected chi connectivity index (χ0v) is 9.28. The zero-order valence-electron chi connectivity index (χ0n) is 6.25. The Morgan fingerprint density at radius 2 is 1.62 bits per heavy atom. The van der Waals surface area contributed by atoms with Crippen LogP contribution in [0, 0.1) is 5.41 Å². The first kappa shape index (κ1) is 14.0. The van der Waals surface area contributed by atoms with E-state index in [9.17, 15) is 0 Å². The number of halogens is 4. The SMILES string of the molecule is OCC(CO)(C(O)Cl)C(Cl)(Cl)OCl. The highest BCUT2D eigenvalue weighted by Gasteiger charge is 2.55. The largest absolute Gasteiger partial charge is 0.395 e. The van der Waals surface area contributed by atoms with E-state index in [0.717, 1.165) is 0 Å². The van der Waals surface area contributed by atoms with Crippen LogP contribution in [0.25, 0.3) is 0 Å². The molecule has 0 saturated carbocycles. The lowest BCUT2D eigenvalue weighted by Crippen LogP contribution is -2.52. The van der Waals surface area contributed by atoms with E-state index in [2.05, 4.69) is 4.29 Å². The predicted molar refractivity (Wildman–Crippen MR) is 49.8 cm³/mol. The van der Waals surface area contributed by atoms with Gasteiger partial charge in [0.2, 0.25) is 4.52 Å². The van der Waals surface area contributed by atoms with Crippen LogP contribution in [0.15, 0.2) is 0 Å². The quantitative estimate of drug-likeness (QED) is 0.649. The summed E-state index contributed by atoms with van der Waals surface area (Å²) in [5.74, 6) is 0. The summed E-state index contributed by atoms with van der Waals surface area (Å²) in [5.41, 5.74) is -3.57. The Morgan fingerprint density at radius 1 is 1.23 bits per heavy atom. The predicted octanol–water partition coefficient (Wildman–Crippen LogP) is 0.816. The van der Waals surface area contributed by atoms with Crippen LogP contribution in [0.3, 0.4) is 0 Å². The summed E-state index contributed by atoms with van der Waals surface area (Å²) in [4.78, 5) is 0. The lowest BCUT2D eigenvalue weighted by molar-refractivity contribution is -0.0732. The summed E-state index contributed by atoms with van der Waals surface area (Å²) in [6.07, 6.45) is 0. The second-order valence-electron chi connectivity index (χ2n) is 2.40. The monoisotopic (exact) mass is 272 g/mol. The topological polar surface area (TPSA) is 69.9 Å². The zero-order chi connectivity index (χ0) is 10.7. The highest BCUT2D eigenvalue weighted by Crippen LogP contribution is 2.46. The molecule has 0 fully saturated rings. The fourth-order valence-electron chi connectivity index (χ4n) is 0.600. The first-order chi connectivity index (χ1) is 5.88. The number of aliphatic hydroxyl groups excluding tert-OH is 3. The van der Waals surface area contributed by atoms with Crippen LogP contribution in [0.5, 0.6) is 0 Å². The summed E-state index contributed by atoms with van der Waals surface area (Å²) in [5, 5.41) is 26.9. The average Bonchev–Trinajstić information content (AvgIpc) is 2.06. The molecule has 3 N–H and O–H groups in total. The van der Waals surface area contributed by atoms with Crippen molar-refractivity contribution in [1.29, 1.82) is 0 Å². The molecule has 0 aromatic heterocycles. The Hall–Kier alpha value is 1.00. The van der Waals surface area contributed by atoms with Gasteiger partial charge < -0.3 is 15.3 Å². The van der Waals surface area contributed by atoms with Gasteiger partial charge in [0.1, 0.15) is 11.0 Å². The number of hydrogen-bond donors (Lipinski definition) is 3. The highest BCUT2D eigenvalue weighted by molar-refractivity contribution is 6.49. The summed E-state index contributed by atoms with van der Waals surface area (Å²) < 4.78 is 1.89. The summed E-state index contributed by atoms with van der Waals surface area (Å²) in [7, 11) is 0. The second-order valence-corrected chi connectivity index (χ2v) is 4.23. The van der Waals surface area contributed by atoms with Gasteiger partial charge in [-0.05, 0) is 0 Å². The maximum atomic E-state index is 9.07. The van der Waals surface area contributed by atoms with Crippen LogP contribution in [-0.4, -0.2) is 38.6 Å². The molecule has 0 aliphatic heterocycles. The number of aliphatic hydroxyl groups is 3. The Balaban J connectivity index is 4.97. The minimum atomic E-state index is -2.20. The number of alkyl halides is 3. The second kappa shape index (κ2) is 5.19. The van der Waals surface area contributed by atoms with Crippen LogP contribution >= 0.6 is 46.7 Å². The summed E-state index contributed by atoms with van der Waals surface area (Å²) in [6, 6.07) is 0. The van der Waals surface area contributed by atoms with Crippen molar-refractivity contribution in [2.24, 2.45) is 5.41 Å². The Kier molecular flexibility index (Phi) is 5.58. The molecule has 0 radical (unpaired) electrons. The fraction of sp³-hybridized carbons (Fsp3) is 1.00. The minimum Gasteiger partial charge on any atom is -0.395 e. The van der Waals surface area contributed by atoms with Crippen molar-refractivity contribution in [3.05, 3.63) is 0 Å². The molecular formula is C5H8Cl4O4. The van der Waals surface area contributed by atoms with Gasteiger partial charge in [0.05, 0.1) is 25.1 Å². The van der Waals surface area contributed by atoms with E-state index in [1.54, 1.807) is 0 Å². The molecule has 80 valence electrons. The molecule has 0 aromatic carbocycles. The molecule has 0 spiro atoms. The van der Waals surface area contributed by atoms with E-state index in [0.29, 0.717) is 0 Å². The molecule has 0 bridgehead atoms. The average molecular weight is 274 g/mol. The van der Waals surface area contributed by atoms with Crippen LogP contribution in [0.4, 0.5) is 0 Å². The molecular weight excluding hydrogens is 266 g/mol. The number of rotatable bonds is 5. The van der Waals surface area contributed by atoms with Gasteiger partial charge in [-0.3, -0.25) is 0 Å². The van der Waals surface area contributed by atoms with Crippen molar-refractivity contribution in [3.8, 4) is 0 Å². The third kappa shape index (κ3) is 2.52. The van der Waals surface area contributed by atoms with Crippen LogP contribution in [-0.2, 0) is 4.29 Å². The van der Waals surface area contributed by atoms with Gasteiger partial charge in [-0.15, -0.1) is 0 Å². The van der Waals surface area contributed by atoms with Gasteiger partial charge in [-0.1, -0.05) is 34.8 Å². The third-order valence-electron chi connectivity index (χ3n) is 1.70. The maximum Gasteiger partial charge on any atom is 0.249 e. The molecule has 0 aromatic rings. The van der Waals surface area contributed by atoms with Gasteiger partial charge in [0.15, 0.2) is 0 Å². The van der Waals surface area contributed by atoms with Crippen molar-refractivity contribution in [3.63, 3.8) is 0 Å². The smallest absolute Gasteiger partial charge is 0.249 e. The molecule has 1 unspecified atom stereocenters. The molecule has 0 amide bonds. The molecule has 4 nitrogen and oxygen atoms in total. The van der Waals surface area contributed by atoms with Crippen molar-refractivity contribution >= 4 is 46.7 Å². The van der Waals surface area contributed by atoms with Crippen LogP contribution in [0.2, 0.25) is 0 Å². The molecule has 13 heavy (non-hydrogen) atoms. The lowest BCUT2D eigenvalue weighted by Gasteiger charge is -2.38. The van der Waals surface area contributed by atoms with E-state index in [1.807, 2.05) is 0 Å². The van der Waals surface area contributed by atoms with Gasteiger partial charge in [-0.2, -0.15) is 0 Å². The molecule has 8 heteroatoms. The summed E-state index contributed by atoms with van der Waals surface area (Å²) in [6.45, 7) is -1.60. The van der Waals surface area contributed by atoms with E-state index >= 15 is 0 Å². The van der Waals surface area contributed by atoms with Crippen molar-refractivity contribution < 1.29 is 19.6 Å². The number of hydrogen-bond acceptors (Lipinski definition) is 4. The molecule has 0 aliphatic rings. The van der Waals surface area contributed by atoms with Crippen molar-refractivity contribution in [1.82, 2.24) is 0 Å². The van der Waals surface area contributed by atoms with Crippen molar-refractivity contribution in [2.45, 2.75) is 10.1 Å². The molecule has 1 atom stereocenters. The van der Waals surface area contributed by atoms with Gasteiger partial charge in [0, 0.05) is 0 Å². The lowest BCUT2D eigenvalue weighted by atomic mass is 9.91. The summed E-state index contributed by atoms with van der Waals surface area (Å²) >= 11 is 21.2. The molecule has 0 saturated heterocycles. The normalized spacial score (nSPS) is 15.9. The van der Waals surface area contributed by atoms with E-state index in [4.69, 9.17) is 62.0 Å². The van der Waals surface area contributed by atoms with Gasteiger partial charge >= 0.3 is 0 Å². The maximum absolute atomic E-state index is 9.07. The Morgan fingerprint density at radius 3 is 1.69 bits per heavy atom. The first-order valence-electron chi connectivity index (χ1n) is 3.09. The van der Waals surface area contributed by atoms with Gasteiger partial charge in [-0.25, -0.2) is 4.29 Å². The third-order valence-corrected chi connectivity index (χ3v) is 3.41. The van der Waals surface area contributed by atoms with E-state index in [1.165, 1.54) is 0 Å². The Labute approximate surface area is 95.1 Å². The van der Waals surface area contributed by atoms with Crippen LogP contribution in [0.1, 0.15) is 0 Å². The first-order valence-corrected chi connectivity index (χ1v) is 4.59.